The molecule has 2 aromatic carbocycles. The van der Waals surface area contributed by atoms with E-state index in [2.05, 4.69) is 31.9 Å². The molecule has 2 nitrogen and oxygen atoms in total. The van der Waals surface area contributed by atoms with Gasteiger partial charge >= 0.3 is 7.69 Å². The fourth-order valence-electron chi connectivity index (χ4n) is 1.54. The van der Waals surface area contributed by atoms with E-state index in [1.165, 1.54) is 7.69 Å². The average molecular weight is 383 g/mol. The highest BCUT2D eigenvalue weighted by molar-refractivity contribution is 9.08. The molecule has 0 saturated carbocycles. The van der Waals surface area contributed by atoms with Crippen LogP contribution in [0.15, 0.2) is 48.5 Å². The third-order valence-electron chi connectivity index (χ3n) is 2.47. The van der Waals surface area contributed by atoms with Gasteiger partial charge in [-0.05, 0) is 35.4 Å². The van der Waals surface area contributed by atoms with Crippen LogP contribution in [-0.4, -0.2) is 7.69 Å². The topological polar surface area (TPSA) is 18.5 Å². The summed E-state index contributed by atoms with van der Waals surface area (Å²) in [5, 5.41) is 1.61. The largest absolute Gasteiger partial charge is 0.658 e. The van der Waals surface area contributed by atoms with Gasteiger partial charge in [0.15, 0.2) is 0 Å². The molecule has 5 heteroatoms. The van der Waals surface area contributed by atoms with Gasteiger partial charge in [-0.1, -0.05) is 56.1 Å². The Labute approximate surface area is 130 Å². The summed E-state index contributed by atoms with van der Waals surface area (Å²) in [6.45, 7) is 0. The molecule has 1 radical (unpaired) electrons. The second kappa shape index (κ2) is 7.60. The molecule has 0 aromatic heterocycles. The summed E-state index contributed by atoms with van der Waals surface area (Å²) < 4.78 is 10.9. The lowest BCUT2D eigenvalue weighted by Crippen LogP contribution is -2.11. The van der Waals surface area contributed by atoms with E-state index in [0.717, 1.165) is 33.3 Å². The highest BCUT2D eigenvalue weighted by Crippen LogP contribution is 2.17. The molecule has 0 heterocycles. The maximum atomic E-state index is 5.45. The zero-order valence-corrected chi connectivity index (χ0v) is 13.4. The van der Waals surface area contributed by atoms with Crippen molar-refractivity contribution in [1.29, 1.82) is 0 Å². The van der Waals surface area contributed by atoms with Crippen molar-refractivity contribution >= 4 is 39.5 Å². The first kappa shape index (κ1) is 14.5. The average Bonchev–Trinajstić information content (AvgIpc) is 2.48. The molecular formula is C14H12BBr2O2. The van der Waals surface area contributed by atoms with Gasteiger partial charge in [-0.2, -0.15) is 0 Å². The van der Waals surface area contributed by atoms with Crippen molar-refractivity contribution in [3.8, 4) is 11.5 Å². The quantitative estimate of drug-likeness (QED) is 0.542. The van der Waals surface area contributed by atoms with E-state index >= 15 is 0 Å². The van der Waals surface area contributed by atoms with Crippen LogP contribution in [0.2, 0.25) is 0 Å². The SMILES string of the molecule is BrCc1cccc(O[B]Oc2cccc(CBr)c2)c1. The maximum Gasteiger partial charge on any atom is 0.658 e. The van der Waals surface area contributed by atoms with Crippen LogP contribution in [0.3, 0.4) is 0 Å². The molecule has 0 unspecified atom stereocenters. The van der Waals surface area contributed by atoms with Crippen molar-refractivity contribution in [3.63, 3.8) is 0 Å². The number of rotatable bonds is 6. The molecule has 0 N–H and O–H groups in total. The minimum atomic E-state index is 0.758. The molecule has 0 aliphatic heterocycles. The molecule has 0 aliphatic rings. The monoisotopic (exact) mass is 381 g/mol. The zero-order valence-electron chi connectivity index (χ0n) is 10.2. The summed E-state index contributed by atoms with van der Waals surface area (Å²) in [6.07, 6.45) is 0. The first-order valence-corrected chi connectivity index (χ1v) is 8.01. The summed E-state index contributed by atoms with van der Waals surface area (Å²) in [7, 11) is 1.35. The molecule has 19 heavy (non-hydrogen) atoms. The van der Waals surface area contributed by atoms with Crippen LogP contribution in [-0.2, 0) is 10.7 Å². The number of hydrogen-bond acceptors (Lipinski definition) is 2. The van der Waals surface area contributed by atoms with Crippen molar-refractivity contribution in [2.24, 2.45) is 0 Å². The second-order valence-corrected chi connectivity index (χ2v) is 5.02. The van der Waals surface area contributed by atoms with Gasteiger partial charge in [0, 0.05) is 10.7 Å². The minimum Gasteiger partial charge on any atom is -0.526 e. The first-order chi connectivity index (χ1) is 9.31. The Bertz CT molecular complexity index is 487. The molecule has 0 atom stereocenters. The molecule has 0 fully saturated rings. The summed E-state index contributed by atoms with van der Waals surface area (Å²) >= 11 is 6.82. The van der Waals surface area contributed by atoms with Gasteiger partial charge in [-0.15, -0.1) is 0 Å². The molecule has 0 amide bonds. The third-order valence-corrected chi connectivity index (χ3v) is 3.77. The van der Waals surface area contributed by atoms with Gasteiger partial charge in [0.25, 0.3) is 0 Å². The molecule has 0 aliphatic carbocycles. The van der Waals surface area contributed by atoms with E-state index in [9.17, 15) is 0 Å². The second-order valence-electron chi connectivity index (χ2n) is 3.89. The van der Waals surface area contributed by atoms with E-state index in [1.54, 1.807) is 0 Å². The van der Waals surface area contributed by atoms with Gasteiger partial charge in [0.1, 0.15) is 11.5 Å². The summed E-state index contributed by atoms with van der Waals surface area (Å²) in [5.74, 6) is 1.52. The molecule has 97 valence electrons. The van der Waals surface area contributed by atoms with Gasteiger partial charge in [0.05, 0.1) is 0 Å². The fourth-order valence-corrected chi connectivity index (χ4v) is 2.24. The van der Waals surface area contributed by atoms with Crippen LogP contribution in [0.4, 0.5) is 0 Å². The third kappa shape index (κ3) is 4.58. The maximum absolute atomic E-state index is 5.45. The van der Waals surface area contributed by atoms with Crippen LogP contribution in [0, 0.1) is 0 Å². The first-order valence-electron chi connectivity index (χ1n) is 5.76. The van der Waals surface area contributed by atoms with Crippen molar-refractivity contribution in [1.82, 2.24) is 0 Å². The molecule has 0 saturated heterocycles. The van der Waals surface area contributed by atoms with E-state index < -0.39 is 0 Å². The van der Waals surface area contributed by atoms with Gasteiger partial charge in [-0.25, -0.2) is 0 Å². The molecule has 0 bridgehead atoms. The Kier molecular flexibility index (Phi) is 5.79. The lowest BCUT2D eigenvalue weighted by atomic mass is 10.2. The molecule has 2 aromatic rings. The van der Waals surface area contributed by atoms with Crippen molar-refractivity contribution in [2.45, 2.75) is 10.7 Å². The summed E-state index contributed by atoms with van der Waals surface area (Å²) in [6, 6.07) is 15.7. The zero-order chi connectivity index (χ0) is 13.5. The normalized spacial score (nSPS) is 10.0. The Morgan fingerprint density at radius 2 is 1.26 bits per heavy atom. The molecular weight excluding hydrogens is 371 g/mol. The van der Waals surface area contributed by atoms with Gasteiger partial charge in [-0.3, -0.25) is 0 Å². The summed E-state index contributed by atoms with van der Waals surface area (Å²) in [4.78, 5) is 0. The molecule has 0 spiro atoms. The highest BCUT2D eigenvalue weighted by atomic mass is 79.9. The van der Waals surface area contributed by atoms with Crippen LogP contribution >= 0.6 is 31.9 Å². The van der Waals surface area contributed by atoms with E-state index in [1.807, 2.05) is 48.5 Å². The van der Waals surface area contributed by atoms with Crippen LogP contribution in [0.25, 0.3) is 0 Å². The van der Waals surface area contributed by atoms with Crippen molar-refractivity contribution < 1.29 is 9.31 Å². The number of halogens is 2. The Hall–Kier alpha value is -0.935. The predicted octanol–water partition coefficient (Wildman–Crippen LogP) is 4.47. The van der Waals surface area contributed by atoms with Crippen LogP contribution in [0.1, 0.15) is 11.1 Å². The number of benzene rings is 2. The van der Waals surface area contributed by atoms with Gasteiger partial charge in [0.2, 0.25) is 0 Å². The Morgan fingerprint density at radius 1 is 0.789 bits per heavy atom. The smallest absolute Gasteiger partial charge is 0.526 e. The Morgan fingerprint density at radius 3 is 1.68 bits per heavy atom. The number of alkyl halides is 2. The lowest BCUT2D eigenvalue weighted by Gasteiger charge is -2.08. The van der Waals surface area contributed by atoms with E-state index in [-0.39, 0.29) is 0 Å². The predicted molar refractivity (Wildman–Crippen MR) is 85.2 cm³/mol. The van der Waals surface area contributed by atoms with Crippen LogP contribution < -0.4 is 9.31 Å². The van der Waals surface area contributed by atoms with Crippen LogP contribution in [0.5, 0.6) is 11.5 Å². The number of hydrogen-bond donors (Lipinski definition) is 0. The molecule has 2 rings (SSSR count). The summed E-state index contributed by atoms with van der Waals surface area (Å²) in [5.41, 5.74) is 2.32. The van der Waals surface area contributed by atoms with E-state index in [0.29, 0.717) is 0 Å². The standard InChI is InChI=1S/C14H12BBr2O2/c16-9-11-3-1-5-13(7-11)18-15-19-14-6-2-4-12(8-14)10-17/h1-8H,9-10H2. The van der Waals surface area contributed by atoms with E-state index in [4.69, 9.17) is 9.31 Å². The van der Waals surface area contributed by atoms with Crippen molar-refractivity contribution in [3.05, 3.63) is 59.7 Å². The highest BCUT2D eigenvalue weighted by Gasteiger charge is 2.03. The minimum absolute atomic E-state index is 0.758. The van der Waals surface area contributed by atoms with Crippen molar-refractivity contribution in [2.75, 3.05) is 0 Å². The fraction of sp³-hybridized carbons (Fsp3) is 0.143. The van der Waals surface area contributed by atoms with Gasteiger partial charge < -0.3 is 9.31 Å². The Balaban J connectivity index is 1.88. The lowest BCUT2D eigenvalue weighted by molar-refractivity contribution is 0.458.